The Balaban J connectivity index is 1.86. The van der Waals surface area contributed by atoms with Gasteiger partial charge in [0.1, 0.15) is 0 Å². The van der Waals surface area contributed by atoms with Crippen molar-refractivity contribution in [1.82, 2.24) is 9.88 Å². The summed E-state index contributed by atoms with van der Waals surface area (Å²) in [6, 6.07) is 7.50. The van der Waals surface area contributed by atoms with Gasteiger partial charge in [-0.05, 0) is 53.4 Å². The van der Waals surface area contributed by atoms with Crippen molar-refractivity contribution in [2.75, 3.05) is 6.54 Å². The van der Waals surface area contributed by atoms with Gasteiger partial charge in [-0.3, -0.25) is 0 Å². The Bertz CT molecular complexity index is 553. The van der Waals surface area contributed by atoms with Crippen LogP contribution in [0.3, 0.4) is 0 Å². The van der Waals surface area contributed by atoms with E-state index in [-0.39, 0.29) is 0 Å². The number of hydrogen-bond donors (Lipinski definition) is 1. The molecule has 1 N–H and O–H groups in total. The molecule has 0 bridgehead atoms. The summed E-state index contributed by atoms with van der Waals surface area (Å²) < 4.78 is 3.37. The van der Waals surface area contributed by atoms with E-state index in [1.807, 2.05) is 0 Å². The van der Waals surface area contributed by atoms with Crippen LogP contribution in [0.25, 0.3) is 10.9 Å². The third-order valence-electron chi connectivity index (χ3n) is 3.90. The summed E-state index contributed by atoms with van der Waals surface area (Å²) in [4.78, 5) is 0. The number of nitrogens with one attached hydrogen (secondary N) is 1. The van der Waals surface area contributed by atoms with Gasteiger partial charge in [-0.2, -0.15) is 0 Å². The second-order valence-electron chi connectivity index (χ2n) is 5.29. The largest absolute Gasteiger partial charge is 0.349 e. The zero-order valence-corrected chi connectivity index (χ0v) is 12.3. The normalized spacial score (nSPS) is 20.4. The number of halogens is 1. The number of nitrogens with zero attached hydrogens (tertiary/aromatic N) is 1. The summed E-state index contributed by atoms with van der Waals surface area (Å²) in [5, 5.41) is 4.92. The van der Waals surface area contributed by atoms with E-state index in [0.29, 0.717) is 6.04 Å². The number of aromatic nitrogens is 1. The van der Waals surface area contributed by atoms with Crippen LogP contribution in [-0.4, -0.2) is 17.2 Å². The summed E-state index contributed by atoms with van der Waals surface area (Å²) in [5.41, 5.74) is 2.76. The lowest BCUT2D eigenvalue weighted by atomic mass is 9.97. The maximum Gasteiger partial charge on any atom is 0.0492 e. The van der Waals surface area contributed by atoms with Crippen LogP contribution in [0.2, 0.25) is 0 Å². The van der Waals surface area contributed by atoms with Gasteiger partial charge in [0.15, 0.2) is 0 Å². The van der Waals surface area contributed by atoms with E-state index in [0.717, 1.165) is 6.42 Å². The molecule has 3 rings (SSSR count). The molecule has 1 aliphatic rings. The first-order chi connectivity index (χ1) is 8.74. The second kappa shape index (κ2) is 5.06. The highest BCUT2D eigenvalue weighted by Crippen LogP contribution is 2.27. The molecule has 0 aliphatic carbocycles. The maximum absolute atomic E-state index is 3.62. The minimum atomic E-state index is 0.667. The van der Waals surface area contributed by atoms with Crippen LogP contribution in [0.15, 0.2) is 28.9 Å². The molecule has 96 valence electrons. The fourth-order valence-corrected chi connectivity index (χ4v) is 3.53. The van der Waals surface area contributed by atoms with Gasteiger partial charge in [0.2, 0.25) is 0 Å². The van der Waals surface area contributed by atoms with Gasteiger partial charge in [0.05, 0.1) is 0 Å². The van der Waals surface area contributed by atoms with E-state index < -0.39 is 0 Å². The Labute approximate surface area is 116 Å². The van der Waals surface area contributed by atoms with E-state index >= 15 is 0 Å². The average Bonchev–Trinajstić information content (AvgIpc) is 2.66. The van der Waals surface area contributed by atoms with Gasteiger partial charge in [0.25, 0.3) is 0 Å². The first-order valence-electron chi connectivity index (χ1n) is 6.71. The molecule has 0 spiro atoms. The third-order valence-corrected chi connectivity index (χ3v) is 4.53. The highest BCUT2D eigenvalue weighted by Gasteiger charge is 2.13. The average molecular weight is 307 g/mol. The van der Waals surface area contributed by atoms with Crippen molar-refractivity contribution in [2.45, 2.75) is 31.7 Å². The van der Waals surface area contributed by atoms with Gasteiger partial charge in [0, 0.05) is 34.7 Å². The van der Waals surface area contributed by atoms with Crippen molar-refractivity contribution in [2.24, 2.45) is 7.05 Å². The molecule has 1 aliphatic heterocycles. The lowest BCUT2D eigenvalue weighted by molar-refractivity contribution is 0.399. The fourth-order valence-electron chi connectivity index (χ4n) is 2.89. The van der Waals surface area contributed by atoms with Gasteiger partial charge in [-0.15, -0.1) is 0 Å². The highest BCUT2D eigenvalue weighted by atomic mass is 79.9. The standard InChI is InChI=1S/C15H19BrN2/c1-18-10-14(16)13-6-5-11(9-15(13)18)8-12-4-2-3-7-17-12/h5-6,9-10,12,17H,2-4,7-8H2,1H3. The number of rotatable bonds is 2. The van der Waals surface area contributed by atoms with Crippen molar-refractivity contribution < 1.29 is 0 Å². The number of aryl methyl sites for hydroxylation is 1. The van der Waals surface area contributed by atoms with Crippen molar-refractivity contribution in [3.8, 4) is 0 Å². The molecule has 1 unspecified atom stereocenters. The van der Waals surface area contributed by atoms with E-state index in [4.69, 9.17) is 0 Å². The number of hydrogen-bond acceptors (Lipinski definition) is 1. The third kappa shape index (κ3) is 2.34. The summed E-state index contributed by atoms with van der Waals surface area (Å²) >= 11 is 3.61. The fraction of sp³-hybridized carbons (Fsp3) is 0.467. The molecule has 1 atom stereocenters. The molecule has 1 aromatic carbocycles. The lowest BCUT2D eigenvalue weighted by Crippen LogP contribution is -2.35. The second-order valence-corrected chi connectivity index (χ2v) is 6.14. The van der Waals surface area contributed by atoms with Crippen molar-refractivity contribution in [3.05, 3.63) is 34.4 Å². The minimum absolute atomic E-state index is 0.667. The summed E-state index contributed by atoms with van der Waals surface area (Å²) in [5.74, 6) is 0. The Kier molecular flexibility index (Phi) is 3.44. The first-order valence-corrected chi connectivity index (χ1v) is 7.50. The number of benzene rings is 1. The van der Waals surface area contributed by atoms with Crippen LogP contribution < -0.4 is 5.32 Å². The van der Waals surface area contributed by atoms with Crippen LogP contribution in [0.5, 0.6) is 0 Å². The van der Waals surface area contributed by atoms with E-state index in [1.165, 1.54) is 46.7 Å². The van der Waals surface area contributed by atoms with E-state index in [9.17, 15) is 0 Å². The van der Waals surface area contributed by atoms with Gasteiger partial charge in [-0.1, -0.05) is 18.6 Å². The van der Waals surface area contributed by atoms with Gasteiger partial charge < -0.3 is 9.88 Å². The maximum atomic E-state index is 3.62. The Hall–Kier alpha value is -0.800. The predicted molar refractivity (Wildman–Crippen MR) is 80.0 cm³/mol. The topological polar surface area (TPSA) is 17.0 Å². The monoisotopic (exact) mass is 306 g/mol. The Morgan fingerprint density at radius 2 is 2.28 bits per heavy atom. The van der Waals surface area contributed by atoms with E-state index in [2.05, 4.69) is 57.3 Å². The molecule has 2 aromatic rings. The molecule has 18 heavy (non-hydrogen) atoms. The SMILES string of the molecule is Cn1cc(Br)c2ccc(CC3CCCCN3)cc21. The molecule has 3 heteroatoms. The van der Waals surface area contributed by atoms with Crippen LogP contribution in [-0.2, 0) is 13.5 Å². The molecule has 1 saturated heterocycles. The minimum Gasteiger partial charge on any atom is -0.349 e. The molecular weight excluding hydrogens is 288 g/mol. The molecule has 0 saturated carbocycles. The zero-order valence-electron chi connectivity index (χ0n) is 10.7. The first kappa shape index (κ1) is 12.2. The van der Waals surface area contributed by atoms with Crippen molar-refractivity contribution >= 4 is 26.8 Å². The molecule has 1 fully saturated rings. The highest BCUT2D eigenvalue weighted by molar-refractivity contribution is 9.10. The summed E-state index contributed by atoms with van der Waals surface area (Å²) in [6.45, 7) is 1.18. The smallest absolute Gasteiger partial charge is 0.0492 e. The van der Waals surface area contributed by atoms with E-state index in [1.54, 1.807) is 0 Å². The molecule has 0 radical (unpaired) electrons. The number of piperidine rings is 1. The Morgan fingerprint density at radius 3 is 3.06 bits per heavy atom. The Morgan fingerprint density at radius 1 is 1.39 bits per heavy atom. The van der Waals surface area contributed by atoms with Crippen molar-refractivity contribution in [1.29, 1.82) is 0 Å². The predicted octanol–water partition coefficient (Wildman–Crippen LogP) is 3.63. The van der Waals surface area contributed by atoms with Crippen LogP contribution in [0.4, 0.5) is 0 Å². The quantitative estimate of drug-likeness (QED) is 0.896. The summed E-state index contributed by atoms with van der Waals surface area (Å²) in [7, 11) is 2.11. The molecular formula is C15H19BrN2. The van der Waals surface area contributed by atoms with Gasteiger partial charge in [-0.25, -0.2) is 0 Å². The summed E-state index contributed by atoms with van der Waals surface area (Å²) in [6.07, 6.45) is 7.30. The molecule has 1 aromatic heterocycles. The zero-order chi connectivity index (χ0) is 12.5. The number of fused-ring (bicyclic) bond motifs is 1. The van der Waals surface area contributed by atoms with Crippen LogP contribution >= 0.6 is 15.9 Å². The van der Waals surface area contributed by atoms with Crippen molar-refractivity contribution in [3.63, 3.8) is 0 Å². The molecule has 0 amide bonds. The lowest BCUT2D eigenvalue weighted by Gasteiger charge is -2.23. The van der Waals surface area contributed by atoms with Crippen LogP contribution in [0, 0.1) is 0 Å². The molecule has 2 heterocycles. The van der Waals surface area contributed by atoms with Gasteiger partial charge >= 0.3 is 0 Å². The van der Waals surface area contributed by atoms with Crippen LogP contribution in [0.1, 0.15) is 24.8 Å². The molecule has 2 nitrogen and oxygen atoms in total.